The second-order valence-electron chi connectivity index (χ2n) is 6.14. The standard InChI is InChI=1S/C21H17BrCl2N2O3S/c1-3-29-20(27)18-17(13-9-8-12(23)10-15(13)24)11(2)30-19(18)26-21(28)25-16-7-5-4-6-14(16)22/h4-10H,3H2,1-2H3,(H2,25,26,28). The van der Waals surface area contributed by atoms with Crippen LogP contribution in [0.2, 0.25) is 10.0 Å². The van der Waals surface area contributed by atoms with Gasteiger partial charge in [0.2, 0.25) is 0 Å². The molecular weight excluding hydrogens is 511 g/mol. The molecule has 30 heavy (non-hydrogen) atoms. The van der Waals surface area contributed by atoms with E-state index in [-0.39, 0.29) is 12.2 Å². The summed E-state index contributed by atoms with van der Waals surface area (Å²) < 4.78 is 5.98. The quantitative estimate of drug-likeness (QED) is 0.335. The van der Waals surface area contributed by atoms with Gasteiger partial charge >= 0.3 is 12.0 Å². The molecule has 0 fully saturated rings. The lowest BCUT2D eigenvalue weighted by Gasteiger charge is -2.11. The summed E-state index contributed by atoms with van der Waals surface area (Å²) in [5.74, 6) is -0.543. The van der Waals surface area contributed by atoms with Crippen molar-refractivity contribution in [3.05, 3.63) is 67.4 Å². The fourth-order valence-corrected chi connectivity index (χ4v) is 4.80. The average molecular weight is 528 g/mol. The predicted molar refractivity (Wildman–Crippen MR) is 127 cm³/mol. The van der Waals surface area contributed by atoms with Crippen LogP contribution in [0.5, 0.6) is 0 Å². The zero-order chi connectivity index (χ0) is 21.8. The third-order valence-corrected chi connectivity index (χ3v) is 6.37. The molecule has 9 heteroatoms. The summed E-state index contributed by atoms with van der Waals surface area (Å²) in [6.07, 6.45) is 0. The third kappa shape index (κ3) is 4.98. The van der Waals surface area contributed by atoms with Gasteiger partial charge in [-0.1, -0.05) is 41.4 Å². The van der Waals surface area contributed by atoms with Gasteiger partial charge in [-0.25, -0.2) is 9.59 Å². The molecule has 3 rings (SSSR count). The number of rotatable bonds is 5. The van der Waals surface area contributed by atoms with E-state index in [0.717, 1.165) is 9.35 Å². The van der Waals surface area contributed by atoms with E-state index in [0.29, 0.717) is 31.9 Å². The molecule has 1 heterocycles. The van der Waals surface area contributed by atoms with Crippen LogP contribution in [0.15, 0.2) is 46.9 Å². The van der Waals surface area contributed by atoms with Gasteiger partial charge < -0.3 is 10.1 Å². The van der Waals surface area contributed by atoms with Gasteiger partial charge in [-0.05, 0) is 54.0 Å². The minimum absolute atomic E-state index is 0.199. The normalized spacial score (nSPS) is 10.6. The number of nitrogens with one attached hydrogen (secondary N) is 2. The molecule has 1 aromatic heterocycles. The molecule has 2 N–H and O–H groups in total. The first kappa shape index (κ1) is 22.6. The highest BCUT2D eigenvalue weighted by atomic mass is 79.9. The second-order valence-corrected chi connectivity index (χ2v) is 9.06. The SMILES string of the molecule is CCOC(=O)c1c(NC(=O)Nc2ccccc2Br)sc(C)c1-c1ccc(Cl)cc1Cl. The number of hydrogen-bond acceptors (Lipinski definition) is 4. The molecule has 3 aromatic rings. The molecule has 0 saturated heterocycles. The van der Waals surface area contributed by atoms with Crippen LogP contribution in [0, 0.1) is 6.92 Å². The summed E-state index contributed by atoms with van der Waals surface area (Å²) in [4.78, 5) is 26.2. The van der Waals surface area contributed by atoms with E-state index in [1.54, 1.807) is 37.3 Å². The monoisotopic (exact) mass is 526 g/mol. The van der Waals surface area contributed by atoms with E-state index < -0.39 is 12.0 Å². The van der Waals surface area contributed by atoms with Gasteiger partial charge in [-0.15, -0.1) is 11.3 Å². The molecule has 0 atom stereocenters. The summed E-state index contributed by atoms with van der Waals surface area (Å²) in [5, 5.41) is 6.78. The van der Waals surface area contributed by atoms with Crippen LogP contribution in [0.25, 0.3) is 11.1 Å². The van der Waals surface area contributed by atoms with E-state index in [9.17, 15) is 9.59 Å². The van der Waals surface area contributed by atoms with Gasteiger partial charge in [-0.3, -0.25) is 5.32 Å². The van der Waals surface area contributed by atoms with E-state index >= 15 is 0 Å². The number of urea groups is 1. The van der Waals surface area contributed by atoms with Crippen molar-refractivity contribution in [2.24, 2.45) is 0 Å². The molecule has 0 aliphatic rings. The van der Waals surface area contributed by atoms with Crippen molar-refractivity contribution >= 4 is 73.2 Å². The molecule has 0 aliphatic heterocycles. The Hall–Kier alpha value is -2.06. The van der Waals surface area contributed by atoms with Crippen molar-refractivity contribution in [2.45, 2.75) is 13.8 Å². The lowest BCUT2D eigenvalue weighted by molar-refractivity contribution is 0.0529. The Morgan fingerprint density at radius 3 is 2.53 bits per heavy atom. The van der Waals surface area contributed by atoms with Crippen LogP contribution >= 0.6 is 50.5 Å². The molecule has 0 radical (unpaired) electrons. The number of hydrogen-bond donors (Lipinski definition) is 2. The maximum absolute atomic E-state index is 12.8. The number of benzene rings is 2. The largest absolute Gasteiger partial charge is 0.462 e. The van der Waals surface area contributed by atoms with Crippen LogP contribution in [-0.4, -0.2) is 18.6 Å². The molecule has 2 aromatic carbocycles. The fourth-order valence-electron chi connectivity index (χ4n) is 2.87. The van der Waals surface area contributed by atoms with Crippen molar-refractivity contribution < 1.29 is 14.3 Å². The highest BCUT2D eigenvalue weighted by molar-refractivity contribution is 9.10. The number of amides is 2. The van der Waals surface area contributed by atoms with Crippen LogP contribution in [0.3, 0.4) is 0 Å². The molecule has 0 aliphatic carbocycles. The second kappa shape index (κ2) is 9.83. The number of esters is 1. The summed E-state index contributed by atoms with van der Waals surface area (Å²) in [6.45, 7) is 3.77. The first-order valence-electron chi connectivity index (χ1n) is 8.90. The van der Waals surface area contributed by atoms with Crippen LogP contribution in [-0.2, 0) is 4.74 Å². The van der Waals surface area contributed by atoms with Crippen LogP contribution < -0.4 is 10.6 Å². The Balaban J connectivity index is 2.01. The molecule has 156 valence electrons. The van der Waals surface area contributed by atoms with E-state index in [4.69, 9.17) is 27.9 Å². The summed E-state index contributed by atoms with van der Waals surface area (Å²) in [6, 6.07) is 11.8. The minimum Gasteiger partial charge on any atom is -0.462 e. The number of para-hydroxylation sites is 1. The maximum Gasteiger partial charge on any atom is 0.341 e. The summed E-state index contributed by atoms with van der Waals surface area (Å²) >= 11 is 17.1. The molecular formula is C21H17BrCl2N2O3S. The fraction of sp³-hybridized carbons (Fsp3) is 0.143. The van der Waals surface area contributed by atoms with Gasteiger partial charge in [-0.2, -0.15) is 0 Å². The zero-order valence-electron chi connectivity index (χ0n) is 16.0. The number of halogens is 3. The van der Waals surface area contributed by atoms with E-state index in [1.807, 2.05) is 19.1 Å². The zero-order valence-corrected chi connectivity index (χ0v) is 19.9. The highest BCUT2D eigenvalue weighted by Crippen LogP contribution is 2.43. The number of ether oxygens (including phenoxy) is 1. The Bertz CT molecular complexity index is 1120. The molecule has 2 amide bonds. The van der Waals surface area contributed by atoms with Gasteiger partial charge in [0.05, 0.1) is 12.3 Å². The highest BCUT2D eigenvalue weighted by Gasteiger charge is 2.26. The van der Waals surface area contributed by atoms with Crippen molar-refractivity contribution in [2.75, 3.05) is 17.2 Å². The van der Waals surface area contributed by atoms with Crippen LogP contribution in [0.1, 0.15) is 22.2 Å². The lowest BCUT2D eigenvalue weighted by atomic mass is 10.0. The first-order valence-corrected chi connectivity index (χ1v) is 11.3. The molecule has 0 spiro atoms. The van der Waals surface area contributed by atoms with Gasteiger partial charge in [0.1, 0.15) is 10.6 Å². The number of anilines is 2. The molecule has 0 saturated carbocycles. The van der Waals surface area contributed by atoms with Crippen molar-refractivity contribution in [3.63, 3.8) is 0 Å². The molecule has 5 nitrogen and oxygen atoms in total. The first-order chi connectivity index (χ1) is 14.3. The van der Waals surface area contributed by atoms with Crippen LogP contribution in [0.4, 0.5) is 15.5 Å². The number of carbonyl (C=O) groups is 2. The van der Waals surface area contributed by atoms with Gasteiger partial charge in [0.25, 0.3) is 0 Å². The van der Waals surface area contributed by atoms with Crippen molar-refractivity contribution in [1.82, 2.24) is 0 Å². The number of carbonyl (C=O) groups excluding carboxylic acids is 2. The third-order valence-electron chi connectivity index (χ3n) is 4.11. The van der Waals surface area contributed by atoms with Gasteiger partial charge in [0.15, 0.2) is 0 Å². The average Bonchev–Trinajstić information content (AvgIpc) is 2.99. The number of aryl methyl sites for hydroxylation is 1. The van der Waals surface area contributed by atoms with E-state index in [2.05, 4.69) is 26.6 Å². The Kier molecular flexibility index (Phi) is 7.41. The Morgan fingerprint density at radius 2 is 1.87 bits per heavy atom. The Labute approximate surface area is 196 Å². The summed E-state index contributed by atoms with van der Waals surface area (Å²) in [7, 11) is 0. The molecule has 0 bridgehead atoms. The smallest absolute Gasteiger partial charge is 0.341 e. The lowest BCUT2D eigenvalue weighted by Crippen LogP contribution is -2.20. The topological polar surface area (TPSA) is 67.4 Å². The van der Waals surface area contributed by atoms with E-state index in [1.165, 1.54) is 11.3 Å². The van der Waals surface area contributed by atoms with Crippen molar-refractivity contribution in [1.29, 1.82) is 0 Å². The minimum atomic E-state index is -0.543. The Morgan fingerprint density at radius 1 is 1.13 bits per heavy atom. The predicted octanol–water partition coefficient (Wildman–Crippen LogP) is 7.61. The van der Waals surface area contributed by atoms with Gasteiger partial charge in [0, 0.05) is 30.5 Å². The van der Waals surface area contributed by atoms with Crippen molar-refractivity contribution in [3.8, 4) is 11.1 Å². The molecule has 0 unspecified atom stereocenters. The number of thiophene rings is 1. The maximum atomic E-state index is 12.8. The summed E-state index contributed by atoms with van der Waals surface area (Å²) in [5.41, 5.74) is 2.10.